The van der Waals surface area contributed by atoms with E-state index in [4.69, 9.17) is 5.73 Å². The van der Waals surface area contributed by atoms with Gasteiger partial charge < -0.3 is 11.1 Å². The van der Waals surface area contributed by atoms with Gasteiger partial charge >= 0.3 is 0 Å². The van der Waals surface area contributed by atoms with Crippen LogP contribution in [0.4, 0.5) is 10.1 Å². The van der Waals surface area contributed by atoms with Gasteiger partial charge in [-0.1, -0.05) is 0 Å². The fourth-order valence-electron chi connectivity index (χ4n) is 2.49. The molecule has 0 bridgehead atoms. The van der Waals surface area contributed by atoms with Gasteiger partial charge in [0.2, 0.25) is 11.8 Å². The van der Waals surface area contributed by atoms with Crippen LogP contribution >= 0.6 is 11.3 Å². The number of benzene rings is 2. The number of nitrogens with one attached hydrogen (secondary N) is 1. The van der Waals surface area contributed by atoms with Crippen LogP contribution < -0.4 is 11.1 Å². The lowest BCUT2D eigenvalue weighted by Crippen LogP contribution is -2.15. The molecule has 0 spiro atoms. The van der Waals surface area contributed by atoms with Crippen LogP contribution in [0.5, 0.6) is 0 Å². The van der Waals surface area contributed by atoms with Gasteiger partial charge in [0.05, 0.1) is 17.1 Å². The third-order valence-corrected chi connectivity index (χ3v) is 4.67. The van der Waals surface area contributed by atoms with E-state index in [-0.39, 0.29) is 18.1 Å². The molecule has 0 aliphatic heterocycles. The maximum atomic E-state index is 13.1. The van der Waals surface area contributed by atoms with Gasteiger partial charge in [0.15, 0.2) is 0 Å². The number of aryl methyl sites for hydroxylation is 1. The molecule has 2 aromatic carbocycles. The van der Waals surface area contributed by atoms with E-state index in [1.54, 1.807) is 36.4 Å². The molecule has 0 atom stereocenters. The van der Waals surface area contributed by atoms with E-state index in [2.05, 4.69) is 10.3 Å². The van der Waals surface area contributed by atoms with Crippen LogP contribution in [0.25, 0.3) is 11.3 Å². The topological polar surface area (TPSA) is 85.1 Å². The van der Waals surface area contributed by atoms with Gasteiger partial charge in [-0.25, -0.2) is 9.37 Å². The Bertz CT molecular complexity index is 950. The summed E-state index contributed by atoms with van der Waals surface area (Å²) in [6, 6.07) is 12.4. The van der Waals surface area contributed by atoms with Gasteiger partial charge in [-0.3, -0.25) is 9.59 Å². The van der Waals surface area contributed by atoms with E-state index in [0.29, 0.717) is 16.9 Å². The van der Waals surface area contributed by atoms with E-state index < -0.39 is 5.91 Å². The maximum Gasteiger partial charge on any atom is 0.248 e. The molecule has 0 aliphatic carbocycles. The summed E-state index contributed by atoms with van der Waals surface area (Å²) in [5.74, 6) is -1.05. The number of nitrogens with zero attached hydrogens (tertiary/aromatic N) is 1. The predicted molar refractivity (Wildman–Crippen MR) is 99.5 cm³/mol. The average molecular weight is 369 g/mol. The average Bonchev–Trinajstić information content (AvgIpc) is 2.96. The lowest BCUT2D eigenvalue weighted by atomic mass is 10.1. The molecule has 0 radical (unpaired) electrons. The van der Waals surface area contributed by atoms with Crippen LogP contribution in [-0.4, -0.2) is 16.8 Å². The Morgan fingerprint density at radius 1 is 1.12 bits per heavy atom. The number of nitrogens with two attached hydrogens (primary N) is 1. The first kappa shape index (κ1) is 17.8. The smallest absolute Gasteiger partial charge is 0.248 e. The molecule has 0 saturated carbocycles. The Labute approximate surface area is 153 Å². The zero-order valence-electron chi connectivity index (χ0n) is 14.0. The molecule has 1 aromatic heterocycles. The summed E-state index contributed by atoms with van der Waals surface area (Å²) in [6.07, 6.45) is 0.149. The molecular weight excluding hydrogens is 353 g/mol. The predicted octanol–water partition coefficient (Wildman–Crippen LogP) is 3.54. The van der Waals surface area contributed by atoms with Crippen molar-refractivity contribution in [1.29, 1.82) is 0 Å². The molecule has 3 aromatic rings. The van der Waals surface area contributed by atoms with Crippen molar-refractivity contribution in [2.24, 2.45) is 5.73 Å². The van der Waals surface area contributed by atoms with Gasteiger partial charge in [0.25, 0.3) is 0 Å². The minimum absolute atomic E-state index is 0.149. The van der Waals surface area contributed by atoms with Gasteiger partial charge in [0.1, 0.15) is 5.82 Å². The minimum Gasteiger partial charge on any atom is -0.366 e. The molecule has 0 saturated heterocycles. The number of carbonyl (C=O) groups is 2. The largest absolute Gasteiger partial charge is 0.366 e. The highest BCUT2D eigenvalue weighted by molar-refractivity contribution is 7.12. The Morgan fingerprint density at radius 2 is 1.77 bits per heavy atom. The monoisotopic (exact) mass is 369 g/mol. The number of hydrogen-bond acceptors (Lipinski definition) is 4. The molecule has 7 heteroatoms. The number of rotatable bonds is 5. The van der Waals surface area contributed by atoms with Crippen molar-refractivity contribution in [2.45, 2.75) is 13.3 Å². The van der Waals surface area contributed by atoms with Crippen LogP contribution in [0.1, 0.15) is 20.2 Å². The molecule has 5 nitrogen and oxygen atoms in total. The van der Waals surface area contributed by atoms with E-state index >= 15 is 0 Å². The van der Waals surface area contributed by atoms with Crippen molar-refractivity contribution in [3.05, 3.63) is 69.8 Å². The van der Waals surface area contributed by atoms with Gasteiger partial charge in [-0.15, -0.1) is 11.3 Å². The number of primary amides is 1. The molecule has 132 valence electrons. The lowest BCUT2D eigenvalue weighted by molar-refractivity contribution is -0.115. The number of carbonyl (C=O) groups excluding carboxylic acids is 2. The number of anilines is 1. The second-order valence-electron chi connectivity index (χ2n) is 5.68. The number of amides is 2. The fourth-order valence-corrected chi connectivity index (χ4v) is 3.45. The van der Waals surface area contributed by atoms with Gasteiger partial charge in [-0.2, -0.15) is 0 Å². The number of aromatic nitrogens is 1. The maximum absolute atomic E-state index is 13.1. The summed E-state index contributed by atoms with van der Waals surface area (Å²) in [7, 11) is 0. The highest BCUT2D eigenvalue weighted by Gasteiger charge is 2.15. The third kappa shape index (κ3) is 4.12. The van der Waals surface area contributed by atoms with Crippen LogP contribution in [0.2, 0.25) is 0 Å². The van der Waals surface area contributed by atoms with E-state index in [1.165, 1.54) is 23.5 Å². The van der Waals surface area contributed by atoms with Gasteiger partial charge in [0, 0.05) is 21.7 Å². The van der Waals surface area contributed by atoms with Crippen molar-refractivity contribution in [1.82, 2.24) is 4.98 Å². The molecule has 3 N–H and O–H groups in total. The molecule has 2 amide bonds. The number of halogens is 1. The van der Waals surface area contributed by atoms with Crippen molar-refractivity contribution < 1.29 is 14.0 Å². The Balaban J connectivity index is 1.75. The van der Waals surface area contributed by atoms with E-state index in [0.717, 1.165) is 15.4 Å². The van der Waals surface area contributed by atoms with Crippen molar-refractivity contribution in [3.63, 3.8) is 0 Å². The number of hydrogen-bond donors (Lipinski definition) is 2. The Hall–Kier alpha value is -3.06. The second kappa shape index (κ2) is 7.45. The summed E-state index contributed by atoms with van der Waals surface area (Å²) in [5.41, 5.74) is 7.60. The molecule has 0 aliphatic rings. The quantitative estimate of drug-likeness (QED) is 0.721. The molecule has 1 heterocycles. The fraction of sp³-hybridized carbons (Fsp3) is 0.105. The zero-order chi connectivity index (χ0) is 18.7. The standard InChI is InChI=1S/C19H16FN3O2S/c1-11-22-18(12-2-6-14(20)7-3-12)16(26-11)10-17(24)23-15-8-4-13(5-9-15)19(21)25/h2-9H,10H2,1H3,(H2,21,25)(H,23,24). The summed E-state index contributed by atoms with van der Waals surface area (Å²) in [4.78, 5) is 28.7. The van der Waals surface area contributed by atoms with Crippen LogP contribution in [0.3, 0.4) is 0 Å². The number of thiazole rings is 1. The Kier molecular flexibility index (Phi) is 5.09. The van der Waals surface area contributed by atoms with Crippen LogP contribution in [0, 0.1) is 12.7 Å². The molecule has 0 fully saturated rings. The normalized spacial score (nSPS) is 10.5. The third-order valence-electron chi connectivity index (χ3n) is 3.70. The van der Waals surface area contributed by atoms with E-state index in [9.17, 15) is 14.0 Å². The summed E-state index contributed by atoms with van der Waals surface area (Å²) in [6.45, 7) is 1.86. The molecule has 3 rings (SSSR count). The van der Waals surface area contributed by atoms with E-state index in [1.807, 2.05) is 6.92 Å². The van der Waals surface area contributed by atoms with Crippen molar-refractivity contribution >= 4 is 28.8 Å². The Morgan fingerprint density at radius 3 is 2.38 bits per heavy atom. The summed E-state index contributed by atoms with van der Waals surface area (Å²) < 4.78 is 13.1. The highest BCUT2D eigenvalue weighted by Crippen LogP contribution is 2.29. The minimum atomic E-state index is -0.521. The van der Waals surface area contributed by atoms with Crippen LogP contribution in [0.15, 0.2) is 48.5 Å². The first-order valence-electron chi connectivity index (χ1n) is 7.84. The molecule has 26 heavy (non-hydrogen) atoms. The first-order chi connectivity index (χ1) is 12.4. The second-order valence-corrected chi connectivity index (χ2v) is 6.97. The SMILES string of the molecule is Cc1nc(-c2ccc(F)cc2)c(CC(=O)Nc2ccc(C(N)=O)cc2)s1. The zero-order valence-corrected chi connectivity index (χ0v) is 14.8. The van der Waals surface area contributed by atoms with Crippen molar-refractivity contribution in [3.8, 4) is 11.3 Å². The molecular formula is C19H16FN3O2S. The van der Waals surface area contributed by atoms with Gasteiger partial charge in [-0.05, 0) is 55.5 Å². The van der Waals surface area contributed by atoms with Crippen molar-refractivity contribution in [2.75, 3.05) is 5.32 Å². The summed E-state index contributed by atoms with van der Waals surface area (Å²) >= 11 is 1.43. The molecule has 0 unspecified atom stereocenters. The highest BCUT2D eigenvalue weighted by atomic mass is 32.1. The van der Waals surface area contributed by atoms with Crippen LogP contribution in [-0.2, 0) is 11.2 Å². The lowest BCUT2D eigenvalue weighted by Gasteiger charge is -2.06. The first-order valence-corrected chi connectivity index (χ1v) is 8.66. The summed E-state index contributed by atoms with van der Waals surface area (Å²) in [5, 5.41) is 3.61.